The maximum atomic E-state index is 13.8. The third kappa shape index (κ3) is 3.34. The van der Waals surface area contributed by atoms with E-state index in [2.05, 4.69) is 10.3 Å². The van der Waals surface area contributed by atoms with Gasteiger partial charge in [-0.25, -0.2) is 9.78 Å². The van der Waals surface area contributed by atoms with Gasteiger partial charge in [-0.2, -0.15) is 0 Å². The summed E-state index contributed by atoms with van der Waals surface area (Å²) in [5.74, 6) is -0.784. The third-order valence-electron chi connectivity index (χ3n) is 6.16. The number of imide groups is 1. The Hall–Kier alpha value is -4.04. The molecule has 0 saturated carbocycles. The van der Waals surface area contributed by atoms with Crippen molar-refractivity contribution >= 4 is 29.1 Å². The fourth-order valence-electron chi connectivity index (χ4n) is 4.55. The summed E-state index contributed by atoms with van der Waals surface area (Å²) < 4.78 is 1.90. The lowest BCUT2D eigenvalue weighted by Crippen LogP contribution is -2.45. The highest BCUT2D eigenvalue weighted by molar-refractivity contribution is 7.12. The number of ketones is 1. The lowest BCUT2D eigenvalue weighted by atomic mass is 9.82. The molecule has 170 valence electrons. The number of benzene rings is 2. The molecule has 0 bridgehead atoms. The van der Waals surface area contributed by atoms with Crippen LogP contribution in [0.1, 0.15) is 32.9 Å². The maximum absolute atomic E-state index is 13.8. The number of carbonyl (C=O) groups excluding carboxylic acids is 3. The summed E-state index contributed by atoms with van der Waals surface area (Å²) in [6, 6.07) is 19.4. The number of urea groups is 1. The first kappa shape index (κ1) is 21.8. The van der Waals surface area contributed by atoms with Gasteiger partial charge in [0, 0.05) is 28.5 Å². The van der Waals surface area contributed by atoms with Crippen LogP contribution in [-0.2, 0) is 10.3 Å². The smallest absolute Gasteiger partial charge is 0.315 e. The molecule has 5 rings (SSSR count). The van der Waals surface area contributed by atoms with Crippen molar-refractivity contribution in [2.24, 2.45) is 0 Å². The highest BCUT2D eigenvalue weighted by Crippen LogP contribution is 2.36. The molecule has 3 amide bonds. The Morgan fingerprint density at radius 1 is 1.00 bits per heavy atom. The van der Waals surface area contributed by atoms with Crippen molar-refractivity contribution in [3.63, 3.8) is 0 Å². The predicted octanol–water partition coefficient (Wildman–Crippen LogP) is 4.23. The minimum atomic E-state index is -1.39. The van der Waals surface area contributed by atoms with Crippen molar-refractivity contribution in [2.45, 2.75) is 19.4 Å². The van der Waals surface area contributed by atoms with Gasteiger partial charge in [0.2, 0.25) is 0 Å². The van der Waals surface area contributed by atoms with Gasteiger partial charge < -0.3 is 5.32 Å². The van der Waals surface area contributed by atoms with Crippen LogP contribution in [-0.4, -0.2) is 38.7 Å². The van der Waals surface area contributed by atoms with Gasteiger partial charge in [-0.1, -0.05) is 60.7 Å². The molecule has 1 aliphatic rings. The van der Waals surface area contributed by atoms with Crippen LogP contribution in [0, 0.1) is 13.8 Å². The lowest BCUT2D eigenvalue weighted by Gasteiger charge is -2.28. The second-order valence-corrected chi connectivity index (χ2v) is 9.03. The van der Waals surface area contributed by atoms with E-state index in [1.54, 1.807) is 36.5 Å². The van der Waals surface area contributed by atoms with Gasteiger partial charge in [0.15, 0.2) is 16.5 Å². The normalized spacial score (nSPS) is 14.9. The second-order valence-electron chi connectivity index (χ2n) is 8.16. The minimum absolute atomic E-state index is 0.309. The van der Waals surface area contributed by atoms with E-state index in [9.17, 15) is 14.4 Å². The van der Waals surface area contributed by atoms with E-state index < -0.39 is 17.5 Å². The highest BCUT2D eigenvalue weighted by atomic mass is 32.1. The number of thiazole rings is 1. The number of Topliss-reactive ketones (excluding diaryl/α,β-unsaturated/α-hetero) is 1. The molecule has 1 fully saturated rings. The van der Waals surface area contributed by atoms with Crippen molar-refractivity contribution in [1.29, 1.82) is 0 Å². The summed E-state index contributed by atoms with van der Waals surface area (Å²) >= 11 is 1.47. The highest BCUT2D eigenvalue weighted by Gasteiger charge is 2.54. The van der Waals surface area contributed by atoms with Crippen LogP contribution < -0.4 is 5.32 Å². The van der Waals surface area contributed by atoms with E-state index in [1.165, 1.54) is 11.3 Å². The molecule has 0 radical (unpaired) electrons. The first-order valence-corrected chi connectivity index (χ1v) is 11.7. The second kappa shape index (κ2) is 8.39. The summed E-state index contributed by atoms with van der Waals surface area (Å²) in [6.07, 6.45) is 1.71. The van der Waals surface area contributed by atoms with Crippen molar-refractivity contribution in [3.05, 3.63) is 106 Å². The molecule has 1 N–H and O–H groups in total. The van der Waals surface area contributed by atoms with E-state index >= 15 is 0 Å². The molecular formula is C26H22N4O3S. The number of amides is 3. The molecule has 0 atom stereocenters. The fraction of sp³-hybridized carbons (Fsp3) is 0.154. The van der Waals surface area contributed by atoms with Crippen LogP contribution in [0.25, 0.3) is 5.13 Å². The number of carbonyl (C=O) groups is 3. The van der Waals surface area contributed by atoms with Gasteiger partial charge in [0.1, 0.15) is 0 Å². The first-order valence-electron chi connectivity index (χ1n) is 10.8. The average Bonchev–Trinajstić information content (AvgIpc) is 3.54. The minimum Gasteiger partial charge on any atom is -0.315 e. The molecule has 0 aliphatic carbocycles. The number of aryl methyl sites for hydroxylation is 1. The first-order chi connectivity index (χ1) is 16.4. The quantitative estimate of drug-likeness (QED) is 0.338. The molecule has 34 heavy (non-hydrogen) atoms. The molecule has 2 aromatic heterocycles. The predicted molar refractivity (Wildman–Crippen MR) is 129 cm³/mol. The van der Waals surface area contributed by atoms with E-state index in [4.69, 9.17) is 0 Å². The Morgan fingerprint density at radius 2 is 1.62 bits per heavy atom. The Labute approximate surface area is 200 Å². The number of hydrogen-bond donors (Lipinski definition) is 1. The topological polar surface area (TPSA) is 84.3 Å². The summed E-state index contributed by atoms with van der Waals surface area (Å²) in [5, 5.41) is 5.51. The molecule has 3 heterocycles. The van der Waals surface area contributed by atoms with E-state index in [-0.39, 0.29) is 12.3 Å². The van der Waals surface area contributed by atoms with Gasteiger partial charge in [-0.15, -0.1) is 11.3 Å². The van der Waals surface area contributed by atoms with E-state index in [0.717, 1.165) is 21.4 Å². The molecule has 8 heteroatoms. The van der Waals surface area contributed by atoms with Crippen LogP contribution in [0.4, 0.5) is 4.79 Å². The summed E-state index contributed by atoms with van der Waals surface area (Å²) in [4.78, 5) is 45.6. The van der Waals surface area contributed by atoms with Crippen molar-refractivity contribution < 1.29 is 14.4 Å². The number of aromatic nitrogens is 2. The number of nitrogens with zero attached hydrogens (tertiary/aromatic N) is 3. The molecule has 0 spiro atoms. The Bertz CT molecular complexity index is 1340. The van der Waals surface area contributed by atoms with E-state index in [1.807, 2.05) is 60.2 Å². The standard InChI is InChI=1S/C26H22N4O3S/c1-17-15-21(18(2)30(17)25-27-13-14-34-25)22(31)16-29-23(32)26(28-24(29)33,19-9-5-3-6-10-19)20-11-7-4-8-12-20/h3-15H,16H2,1-2H3,(H,28,33). The Morgan fingerprint density at radius 3 is 2.18 bits per heavy atom. The Kier molecular flexibility index (Phi) is 5.37. The van der Waals surface area contributed by atoms with Crippen LogP contribution in [0.15, 0.2) is 78.3 Å². The molecule has 2 aromatic carbocycles. The fourth-order valence-corrected chi connectivity index (χ4v) is 5.30. The van der Waals surface area contributed by atoms with Crippen LogP contribution in [0.2, 0.25) is 0 Å². The van der Waals surface area contributed by atoms with Crippen molar-refractivity contribution in [1.82, 2.24) is 19.8 Å². The van der Waals surface area contributed by atoms with Gasteiger partial charge in [-0.05, 0) is 31.0 Å². The number of hydrogen-bond acceptors (Lipinski definition) is 5. The van der Waals surface area contributed by atoms with E-state index in [0.29, 0.717) is 16.7 Å². The zero-order valence-electron chi connectivity index (χ0n) is 18.7. The lowest BCUT2D eigenvalue weighted by molar-refractivity contribution is -0.129. The number of nitrogens with one attached hydrogen (secondary N) is 1. The largest absolute Gasteiger partial charge is 0.325 e. The number of rotatable bonds is 6. The third-order valence-corrected chi connectivity index (χ3v) is 6.92. The molecule has 7 nitrogen and oxygen atoms in total. The van der Waals surface area contributed by atoms with Crippen LogP contribution >= 0.6 is 11.3 Å². The van der Waals surface area contributed by atoms with Crippen molar-refractivity contribution in [3.8, 4) is 5.13 Å². The zero-order chi connectivity index (χ0) is 23.9. The SMILES string of the molecule is Cc1cc(C(=O)CN2C(=O)NC(c3ccccc3)(c3ccccc3)C2=O)c(C)n1-c1nccs1. The van der Waals surface area contributed by atoms with Crippen molar-refractivity contribution in [2.75, 3.05) is 6.54 Å². The van der Waals surface area contributed by atoms with Gasteiger partial charge >= 0.3 is 6.03 Å². The summed E-state index contributed by atoms with van der Waals surface area (Å²) in [7, 11) is 0. The molecule has 1 saturated heterocycles. The van der Waals surface area contributed by atoms with Crippen LogP contribution in [0.5, 0.6) is 0 Å². The average molecular weight is 471 g/mol. The molecular weight excluding hydrogens is 448 g/mol. The van der Waals surface area contributed by atoms with Crippen LogP contribution in [0.3, 0.4) is 0 Å². The molecule has 1 aliphatic heterocycles. The zero-order valence-corrected chi connectivity index (χ0v) is 19.5. The molecule has 4 aromatic rings. The summed E-state index contributed by atoms with van der Waals surface area (Å²) in [6.45, 7) is 3.38. The summed E-state index contributed by atoms with van der Waals surface area (Å²) in [5.41, 5.74) is 1.92. The molecule has 0 unspecified atom stereocenters. The maximum Gasteiger partial charge on any atom is 0.325 e. The van der Waals surface area contributed by atoms with Gasteiger partial charge in [0.05, 0.1) is 6.54 Å². The Balaban J connectivity index is 1.51. The van der Waals surface area contributed by atoms with Gasteiger partial charge in [-0.3, -0.25) is 19.1 Å². The van der Waals surface area contributed by atoms with Gasteiger partial charge in [0.25, 0.3) is 5.91 Å². The monoisotopic (exact) mass is 470 g/mol.